The highest BCUT2D eigenvalue weighted by Gasteiger charge is 2.25. The Morgan fingerprint density at radius 3 is 2.94 bits per heavy atom. The molecule has 1 rings (SSSR count). The third-order valence-corrected chi connectivity index (χ3v) is 3.13. The summed E-state index contributed by atoms with van der Waals surface area (Å²) >= 11 is 0. The average Bonchev–Trinajstić information content (AvgIpc) is 2.22. The van der Waals surface area contributed by atoms with Gasteiger partial charge in [0.25, 0.3) is 6.47 Å². The van der Waals surface area contributed by atoms with Crippen LogP contribution in [0.2, 0.25) is 0 Å². The van der Waals surface area contributed by atoms with Crippen molar-refractivity contribution >= 4 is 6.47 Å². The van der Waals surface area contributed by atoms with Crippen molar-refractivity contribution < 1.29 is 9.53 Å². The zero-order chi connectivity index (χ0) is 12.0. The fourth-order valence-corrected chi connectivity index (χ4v) is 2.33. The molecule has 0 saturated carbocycles. The van der Waals surface area contributed by atoms with E-state index in [1.54, 1.807) is 0 Å². The molecule has 0 aromatic heterocycles. The van der Waals surface area contributed by atoms with Crippen molar-refractivity contribution in [3.8, 4) is 0 Å². The van der Waals surface area contributed by atoms with Gasteiger partial charge in [-0.3, -0.25) is 4.79 Å². The van der Waals surface area contributed by atoms with Crippen LogP contribution in [0.15, 0.2) is 24.3 Å². The molecule has 0 aromatic carbocycles. The maximum absolute atomic E-state index is 10.5. The van der Waals surface area contributed by atoms with E-state index in [4.69, 9.17) is 4.74 Å². The molecule has 0 amide bonds. The van der Waals surface area contributed by atoms with Gasteiger partial charge in [0.1, 0.15) is 6.10 Å². The lowest BCUT2D eigenvalue weighted by Crippen LogP contribution is -2.22. The average molecular weight is 222 g/mol. The van der Waals surface area contributed by atoms with Crippen LogP contribution < -0.4 is 0 Å². The van der Waals surface area contributed by atoms with Gasteiger partial charge in [0.05, 0.1) is 0 Å². The molecule has 0 spiro atoms. The van der Waals surface area contributed by atoms with Gasteiger partial charge in [-0.1, -0.05) is 26.0 Å². The number of carbonyl (C=O) groups excluding carboxylic acids is 1. The van der Waals surface area contributed by atoms with Crippen molar-refractivity contribution in [2.24, 2.45) is 5.41 Å². The maximum Gasteiger partial charge on any atom is 0.293 e. The smallest absolute Gasteiger partial charge is 0.293 e. The minimum absolute atomic E-state index is 0.0462. The molecule has 1 atom stereocenters. The summed E-state index contributed by atoms with van der Waals surface area (Å²) in [6.07, 6.45) is 9.30. The molecule has 0 radical (unpaired) electrons. The van der Waals surface area contributed by atoms with Crippen molar-refractivity contribution in [1.29, 1.82) is 0 Å². The number of hydrogen-bond acceptors (Lipinski definition) is 2. The molecule has 90 valence electrons. The Morgan fingerprint density at radius 1 is 1.62 bits per heavy atom. The van der Waals surface area contributed by atoms with E-state index in [1.807, 2.05) is 6.08 Å². The summed E-state index contributed by atoms with van der Waals surface area (Å²) in [6.45, 7) is 8.74. The fraction of sp³-hybridized carbons (Fsp3) is 0.643. The zero-order valence-corrected chi connectivity index (χ0v) is 10.4. The van der Waals surface area contributed by atoms with E-state index in [2.05, 4.69) is 26.5 Å². The molecule has 0 aliphatic heterocycles. The van der Waals surface area contributed by atoms with Crippen LogP contribution >= 0.6 is 0 Å². The first-order chi connectivity index (χ1) is 7.59. The Morgan fingerprint density at radius 2 is 2.38 bits per heavy atom. The van der Waals surface area contributed by atoms with Gasteiger partial charge in [0, 0.05) is 0 Å². The molecule has 16 heavy (non-hydrogen) atoms. The highest BCUT2D eigenvalue weighted by atomic mass is 16.5. The van der Waals surface area contributed by atoms with Crippen molar-refractivity contribution in [2.75, 3.05) is 0 Å². The topological polar surface area (TPSA) is 26.3 Å². The fourth-order valence-electron chi connectivity index (χ4n) is 2.33. The molecule has 2 nitrogen and oxygen atoms in total. The van der Waals surface area contributed by atoms with Crippen molar-refractivity contribution in [3.05, 3.63) is 24.3 Å². The van der Waals surface area contributed by atoms with Crippen LogP contribution in [0.4, 0.5) is 0 Å². The third-order valence-electron chi connectivity index (χ3n) is 3.13. The molecular weight excluding hydrogens is 200 g/mol. The van der Waals surface area contributed by atoms with E-state index in [-0.39, 0.29) is 11.5 Å². The molecule has 1 aliphatic rings. The molecule has 0 bridgehead atoms. The number of rotatable bonds is 6. The zero-order valence-electron chi connectivity index (χ0n) is 10.4. The highest BCUT2D eigenvalue weighted by Crippen LogP contribution is 2.35. The number of allylic oxidation sites excluding steroid dienone is 2. The van der Waals surface area contributed by atoms with Crippen LogP contribution in [0.5, 0.6) is 0 Å². The Labute approximate surface area is 98.4 Å². The van der Waals surface area contributed by atoms with Crippen LogP contribution in [0.1, 0.15) is 46.0 Å². The van der Waals surface area contributed by atoms with E-state index in [1.165, 1.54) is 18.4 Å². The van der Waals surface area contributed by atoms with Crippen LogP contribution in [-0.2, 0) is 9.53 Å². The summed E-state index contributed by atoms with van der Waals surface area (Å²) in [5.74, 6) is 0. The van der Waals surface area contributed by atoms with Crippen LogP contribution in [-0.4, -0.2) is 12.6 Å². The summed E-state index contributed by atoms with van der Waals surface area (Å²) in [5, 5.41) is 0. The summed E-state index contributed by atoms with van der Waals surface area (Å²) in [6, 6.07) is 0. The standard InChI is InChI=1S/C14H22O2/c1-4-5-8-13(16-11-15)12-7-6-9-14(2,3)10-12/h4,10-11,13H,1,5-9H2,2-3H3. The van der Waals surface area contributed by atoms with Crippen molar-refractivity contribution in [2.45, 2.75) is 52.1 Å². The summed E-state index contributed by atoms with van der Waals surface area (Å²) in [5.41, 5.74) is 1.52. The number of ether oxygens (including phenoxy) is 1. The van der Waals surface area contributed by atoms with E-state index in [0.29, 0.717) is 6.47 Å². The molecule has 0 N–H and O–H groups in total. The number of hydrogen-bond donors (Lipinski definition) is 0. The Balaban J connectivity index is 2.72. The lowest BCUT2D eigenvalue weighted by Gasteiger charge is -2.30. The summed E-state index contributed by atoms with van der Waals surface area (Å²) in [7, 11) is 0. The minimum atomic E-state index is -0.0462. The van der Waals surface area contributed by atoms with Crippen LogP contribution in [0.25, 0.3) is 0 Å². The van der Waals surface area contributed by atoms with E-state index >= 15 is 0 Å². The first-order valence-electron chi connectivity index (χ1n) is 6.00. The van der Waals surface area contributed by atoms with Gasteiger partial charge >= 0.3 is 0 Å². The second kappa shape index (κ2) is 5.88. The number of carbonyl (C=O) groups is 1. The van der Waals surface area contributed by atoms with Gasteiger partial charge < -0.3 is 4.74 Å². The van der Waals surface area contributed by atoms with Gasteiger partial charge in [-0.2, -0.15) is 0 Å². The normalized spacial score (nSPS) is 20.8. The first-order valence-corrected chi connectivity index (χ1v) is 6.00. The molecule has 0 heterocycles. The van der Waals surface area contributed by atoms with Crippen molar-refractivity contribution in [3.63, 3.8) is 0 Å². The van der Waals surface area contributed by atoms with Crippen molar-refractivity contribution in [1.82, 2.24) is 0 Å². The van der Waals surface area contributed by atoms with Gasteiger partial charge in [0.15, 0.2) is 0 Å². The largest absolute Gasteiger partial charge is 0.460 e. The molecule has 0 saturated heterocycles. The second-order valence-corrected chi connectivity index (χ2v) is 5.15. The lowest BCUT2D eigenvalue weighted by molar-refractivity contribution is -0.132. The van der Waals surface area contributed by atoms with Crippen LogP contribution in [0, 0.1) is 5.41 Å². The Kier molecular flexibility index (Phi) is 4.78. The monoisotopic (exact) mass is 222 g/mol. The predicted molar refractivity (Wildman–Crippen MR) is 66.1 cm³/mol. The van der Waals surface area contributed by atoms with Gasteiger partial charge in [-0.15, -0.1) is 6.58 Å². The second-order valence-electron chi connectivity index (χ2n) is 5.15. The van der Waals surface area contributed by atoms with Gasteiger partial charge in [-0.05, 0) is 43.1 Å². The van der Waals surface area contributed by atoms with Gasteiger partial charge in [-0.25, -0.2) is 0 Å². The quantitative estimate of drug-likeness (QED) is 0.506. The SMILES string of the molecule is C=CCCC(OC=O)C1=CC(C)(C)CCC1. The molecule has 1 aliphatic carbocycles. The molecule has 1 unspecified atom stereocenters. The lowest BCUT2D eigenvalue weighted by atomic mass is 9.78. The molecular formula is C14H22O2. The van der Waals surface area contributed by atoms with E-state index in [0.717, 1.165) is 19.3 Å². The Bertz CT molecular complexity index is 276. The summed E-state index contributed by atoms with van der Waals surface area (Å²) in [4.78, 5) is 10.5. The van der Waals surface area contributed by atoms with Gasteiger partial charge in [0.2, 0.25) is 0 Å². The molecule has 2 heteroatoms. The summed E-state index contributed by atoms with van der Waals surface area (Å²) < 4.78 is 5.18. The molecule has 0 fully saturated rings. The minimum Gasteiger partial charge on any atom is -0.460 e. The Hall–Kier alpha value is -1.05. The van der Waals surface area contributed by atoms with E-state index < -0.39 is 0 Å². The third kappa shape index (κ3) is 3.84. The predicted octanol–water partition coefficient (Wildman–Crippen LogP) is 3.63. The van der Waals surface area contributed by atoms with Crippen LogP contribution in [0.3, 0.4) is 0 Å². The highest BCUT2D eigenvalue weighted by molar-refractivity contribution is 5.39. The first kappa shape index (κ1) is 13.0. The maximum atomic E-state index is 10.5. The molecule has 0 aromatic rings. The van der Waals surface area contributed by atoms with E-state index in [9.17, 15) is 4.79 Å².